The number of nitrogens with one attached hydrogen (secondary N) is 2. The van der Waals surface area contributed by atoms with Crippen LogP contribution in [0.1, 0.15) is 12.0 Å². The maximum Gasteiger partial charge on any atom is 0.238 e. The number of halogens is 2. The molecule has 2 aromatic rings. The summed E-state index contributed by atoms with van der Waals surface area (Å²) in [4.78, 5) is 25.1. The van der Waals surface area contributed by atoms with E-state index in [1.165, 1.54) is 17.8 Å². The Labute approximate surface area is 151 Å². The smallest absolute Gasteiger partial charge is 0.238 e. The second-order valence-corrected chi connectivity index (χ2v) is 7.47. The predicted molar refractivity (Wildman–Crippen MR) is 95.3 cm³/mol. The molecule has 7 heteroatoms. The fourth-order valence-corrected chi connectivity index (χ4v) is 3.86. The van der Waals surface area contributed by atoms with Crippen molar-refractivity contribution >= 4 is 45.2 Å². The molecule has 1 unspecified atom stereocenters. The fourth-order valence-electron chi connectivity index (χ4n) is 2.34. The van der Waals surface area contributed by atoms with Gasteiger partial charge in [0.2, 0.25) is 11.8 Å². The average Bonchev–Trinajstić information content (AvgIpc) is 2.56. The van der Waals surface area contributed by atoms with Gasteiger partial charge in [0.05, 0.1) is 10.9 Å². The molecule has 0 spiro atoms. The van der Waals surface area contributed by atoms with Gasteiger partial charge in [-0.3, -0.25) is 9.59 Å². The Morgan fingerprint density at radius 3 is 2.92 bits per heavy atom. The highest BCUT2D eigenvalue weighted by atomic mass is 79.9. The predicted octanol–water partition coefficient (Wildman–Crippen LogP) is 3.71. The van der Waals surface area contributed by atoms with Crippen LogP contribution in [0.3, 0.4) is 0 Å². The lowest BCUT2D eigenvalue weighted by Gasteiger charge is -2.23. The molecule has 1 aliphatic rings. The van der Waals surface area contributed by atoms with E-state index in [9.17, 15) is 14.0 Å². The molecular weight excluding hydrogens is 395 g/mol. The van der Waals surface area contributed by atoms with Crippen molar-refractivity contribution in [3.63, 3.8) is 0 Å². The molecule has 1 heterocycles. The largest absolute Gasteiger partial charge is 0.352 e. The average molecular weight is 409 g/mol. The monoisotopic (exact) mass is 408 g/mol. The highest BCUT2D eigenvalue weighted by Gasteiger charge is 2.28. The number of benzene rings is 2. The van der Waals surface area contributed by atoms with Crippen LogP contribution in [0.4, 0.5) is 10.1 Å². The molecule has 0 bridgehead atoms. The van der Waals surface area contributed by atoms with E-state index in [1.807, 2.05) is 24.3 Å². The van der Waals surface area contributed by atoms with Crippen molar-refractivity contribution in [2.24, 2.45) is 0 Å². The van der Waals surface area contributed by atoms with Gasteiger partial charge in [0, 0.05) is 27.9 Å². The first-order valence-corrected chi connectivity index (χ1v) is 8.97. The third-order valence-electron chi connectivity index (χ3n) is 3.56. The molecule has 0 aromatic heterocycles. The normalized spacial score (nSPS) is 16.2. The molecule has 24 heavy (non-hydrogen) atoms. The van der Waals surface area contributed by atoms with Gasteiger partial charge in [0.25, 0.3) is 0 Å². The molecular formula is C17H14BrFN2O2S. The van der Waals surface area contributed by atoms with Crippen molar-refractivity contribution in [2.75, 3.05) is 5.32 Å². The van der Waals surface area contributed by atoms with Gasteiger partial charge in [-0.15, -0.1) is 11.8 Å². The quantitative estimate of drug-likeness (QED) is 0.810. The van der Waals surface area contributed by atoms with Crippen LogP contribution < -0.4 is 10.6 Å². The van der Waals surface area contributed by atoms with E-state index in [4.69, 9.17) is 0 Å². The lowest BCUT2D eigenvalue weighted by molar-refractivity contribution is -0.124. The summed E-state index contributed by atoms with van der Waals surface area (Å²) in [5, 5.41) is 4.97. The minimum atomic E-state index is -0.493. The molecule has 0 saturated carbocycles. The first-order valence-electron chi connectivity index (χ1n) is 7.30. The Balaban J connectivity index is 1.59. The summed E-state index contributed by atoms with van der Waals surface area (Å²) in [5.74, 6) is -0.860. The summed E-state index contributed by atoms with van der Waals surface area (Å²) in [6.45, 7) is 0.0830. The Hall–Kier alpha value is -1.86. The highest BCUT2D eigenvalue weighted by Crippen LogP contribution is 2.36. The summed E-state index contributed by atoms with van der Waals surface area (Å²) in [5.41, 5.74) is 1.16. The van der Waals surface area contributed by atoms with Gasteiger partial charge < -0.3 is 10.6 Å². The van der Waals surface area contributed by atoms with Crippen molar-refractivity contribution in [3.8, 4) is 0 Å². The zero-order valence-electron chi connectivity index (χ0n) is 12.5. The molecule has 0 fully saturated rings. The van der Waals surface area contributed by atoms with Crippen LogP contribution in [0.2, 0.25) is 0 Å². The maximum absolute atomic E-state index is 13.7. The number of fused-ring (bicyclic) bond motifs is 1. The van der Waals surface area contributed by atoms with Crippen molar-refractivity contribution < 1.29 is 14.0 Å². The highest BCUT2D eigenvalue weighted by molar-refractivity contribution is 9.10. The first kappa shape index (κ1) is 17.0. The van der Waals surface area contributed by atoms with Crippen LogP contribution >= 0.6 is 27.7 Å². The molecule has 0 aliphatic carbocycles. The van der Waals surface area contributed by atoms with Crippen molar-refractivity contribution in [3.05, 3.63) is 58.3 Å². The number of anilines is 1. The SMILES string of the molecule is O=C(CC1Sc2ccccc2NC1=O)NCc1cc(Br)ccc1F. The van der Waals surface area contributed by atoms with E-state index in [1.54, 1.807) is 12.1 Å². The molecule has 0 radical (unpaired) electrons. The van der Waals surface area contributed by atoms with Crippen LogP contribution in [-0.2, 0) is 16.1 Å². The zero-order valence-corrected chi connectivity index (χ0v) is 14.9. The topological polar surface area (TPSA) is 58.2 Å². The molecule has 2 N–H and O–H groups in total. The number of hydrogen-bond acceptors (Lipinski definition) is 3. The van der Waals surface area contributed by atoms with Gasteiger partial charge in [-0.25, -0.2) is 4.39 Å². The number of thioether (sulfide) groups is 1. The Kier molecular flexibility index (Phi) is 5.20. The fraction of sp³-hybridized carbons (Fsp3) is 0.176. The number of rotatable bonds is 4. The number of carbonyl (C=O) groups is 2. The van der Waals surface area contributed by atoms with Gasteiger partial charge in [0.1, 0.15) is 5.82 Å². The standard InChI is InChI=1S/C17H14BrFN2O2S/c18-11-5-6-12(19)10(7-11)9-20-16(22)8-15-17(23)21-13-3-1-2-4-14(13)24-15/h1-7,15H,8-9H2,(H,20,22)(H,21,23). The van der Waals surface area contributed by atoms with Crippen LogP contribution in [0.25, 0.3) is 0 Å². The molecule has 3 rings (SSSR count). The van der Waals surface area contributed by atoms with Crippen LogP contribution in [0.15, 0.2) is 51.8 Å². The Morgan fingerprint density at radius 2 is 2.08 bits per heavy atom. The van der Waals surface area contributed by atoms with Crippen molar-refractivity contribution in [1.29, 1.82) is 0 Å². The molecule has 1 atom stereocenters. The molecule has 2 aromatic carbocycles. The molecule has 2 amide bonds. The van der Waals surface area contributed by atoms with Gasteiger partial charge in [-0.05, 0) is 30.3 Å². The number of hydrogen-bond donors (Lipinski definition) is 2. The number of para-hydroxylation sites is 1. The van der Waals surface area contributed by atoms with E-state index in [2.05, 4.69) is 26.6 Å². The van der Waals surface area contributed by atoms with E-state index in [0.29, 0.717) is 5.56 Å². The Bertz CT molecular complexity index is 800. The number of carbonyl (C=O) groups excluding carboxylic acids is 2. The molecule has 1 aliphatic heterocycles. The van der Waals surface area contributed by atoms with Gasteiger partial charge in [-0.1, -0.05) is 28.1 Å². The van der Waals surface area contributed by atoms with Gasteiger partial charge >= 0.3 is 0 Å². The minimum absolute atomic E-state index is 0.0421. The second-order valence-electron chi connectivity index (χ2n) is 5.31. The maximum atomic E-state index is 13.7. The zero-order chi connectivity index (χ0) is 17.1. The summed E-state index contributed by atoms with van der Waals surface area (Å²) < 4.78 is 14.4. The Morgan fingerprint density at radius 1 is 1.29 bits per heavy atom. The van der Waals surface area contributed by atoms with Crippen LogP contribution in [-0.4, -0.2) is 17.1 Å². The van der Waals surface area contributed by atoms with E-state index < -0.39 is 5.25 Å². The second kappa shape index (κ2) is 7.36. The minimum Gasteiger partial charge on any atom is -0.352 e. The van der Waals surface area contributed by atoms with Gasteiger partial charge in [0.15, 0.2) is 0 Å². The van der Waals surface area contributed by atoms with Gasteiger partial charge in [-0.2, -0.15) is 0 Å². The molecule has 0 saturated heterocycles. The van der Waals surface area contributed by atoms with E-state index in [-0.39, 0.29) is 30.6 Å². The van der Waals surface area contributed by atoms with Crippen LogP contribution in [0.5, 0.6) is 0 Å². The molecule has 124 valence electrons. The molecule has 4 nitrogen and oxygen atoms in total. The van der Waals surface area contributed by atoms with E-state index in [0.717, 1.165) is 15.1 Å². The summed E-state index contributed by atoms with van der Waals surface area (Å²) in [6.07, 6.45) is 0.0421. The number of amides is 2. The van der Waals surface area contributed by atoms with Crippen molar-refractivity contribution in [1.82, 2.24) is 5.32 Å². The third-order valence-corrected chi connectivity index (χ3v) is 5.33. The lowest BCUT2D eigenvalue weighted by Crippen LogP contribution is -2.34. The van der Waals surface area contributed by atoms with Crippen LogP contribution in [0, 0.1) is 5.82 Å². The lowest BCUT2D eigenvalue weighted by atomic mass is 10.2. The summed E-state index contributed by atoms with van der Waals surface area (Å²) in [7, 11) is 0. The first-order chi connectivity index (χ1) is 11.5. The van der Waals surface area contributed by atoms with E-state index >= 15 is 0 Å². The summed E-state index contributed by atoms with van der Waals surface area (Å²) >= 11 is 4.64. The van der Waals surface area contributed by atoms with Crippen molar-refractivity contribution in [2.45, 2.75) is 23.1 Å². The third kappa shape index (κ3) is 3.96. The summed E-state index contributed by atoms with van der Waals surface area (Å²) in [6, 6.07) is 12.0.